The molecule has 0 radical (unpaired) electrons. The molecule has 2 N–H and O–H groups in total. The number of pyridine rings is 1. The van der Waals surface area contributed by atoms with Crippen molar-refractivity contribution in [2.45, 2.75) is 12.5 Å². The van der Waals surface area contributed by atoms with Gasteiger partial charge in [-0.05, 0) is 25.1 Å². The number of hydrogen-bond acceptors (Lipinski definition) is 3. The molecule has 0 aliphatic heterocycles. The molecule has 5 heteroatoms. The molecule has 1 heterocycles. The summed E-state index contributed by atoms with van der Waals surface area (Å²) in [5, 5.41) is 0. The van der Waals surface area contributed by atoms with E-state index in [4.69, 9.17) is 10.5 Å². The van der Waals surface area contributed by atoms with Crippen LogP contribution in [0.5, 0.6) is 5.75 Å². The van der Waals surface area contributed by atoms with Gasteiger partial charge in [-0.25, -0.2) is 8.78 Å². The van der Waals surface area contributed by atoms with E-state index in [0.29, 0.717) is 5.69 Å². The first-order chi connectivity index (χ1) is 8.96. The summed E-state index contributed by atoms with van der Waals surface area (Å²) in [4.78, 5) is 3.92. The van der Waals surface area contributed by atoms with E-state index in [1.807, 2.05) is 0 Å². The van der Waals surface area contributed by atoms with Gasteiger partial charge >= 0.3 is 0 Å². The Kier molecular flexibility index (Phi) is 3.48. The van der Waals surface area contributed by atoms with Crippen LogP contribution in [0.25, 0.3) is 0 Å². The molecule has 0 saturated carbocycles. The summed E-state index contributed by atoms with van der Waals surface area (Å²) in [7, 11) is 1.38. The van der Waals surface area contributed by atoms with Gasteiger partial charge in [0.25, 0.3) is 0 Å². The Hall–Kier alpha value is -2.01. The van der Waals surface area contributed by atoms with E-state index in [1.165, 1.54) is 25.3 Å². The number of halogens is 2. The summed E-state index contributed by atoms with van der Waals surface area (Å²) >= 11 is 0. The van der Waals surface area contributed by atoms with Gasteiger partial charge in [0.2, 0.25) is 0 Å². The smallest absolute Gasteiger partial charge is 0.170 e. The molecule has 1 aromatic heterocycles. The number of ether oxygens (including phenoxy) is 1. The Labute approximate surface area is 110 Å². The van der Waals surface area contributed by atoms with Crippen LogP contribution in [0.1, 0.15) is 18.2 Å². The quantitative estimate of drug-likeness (QED) is 0.927. The zero-order valence-corrected chi connectivity index (χ0v) is 10.7. The standard InChI is InChI=1S/C14H14F2N2O/c1-14(17,12-7-6-9(15)8-18-12)10-4-3-5-11(19-2)13(10)16/h3-8H,17H2,1-2H3. The van der Waals surface area contributed by atoms with E-state index < -0.39 is 17.2 Å². The monoisotopic (exact) mass is 264 g/mol. The van der Waals surface area contributed by atoms with Gasteiger partial charge in [-0.1, -0.05) is 12.1 Å². The van der Waals surface area contributed by atoms with Gasteiger partial charge in [0.15, 0.2) is 11.6 Å². The Morgan fingerprint density at radius 3 is 2.53 bits per heavy atom. The number of rotatable bonds is 3. The van der Waals surface area contributed by atoms with Crippen LogP contribution in [0.15, 0.2) is 36.5 Å². The van der Waals surface area contributed by atoms with Crippen molar-refractivity contribution in [2.24, 2.45) is 5.73 Å². The lowest BCUT2D eigenvalue weighted by molar-refractivity contribution is 0.378. The average molecular weight is 264 g/mol. The second-order valence-electron chi connectivity index (χ2n) is 4.39. The van der Waals surface area contributed by atoms with Crippen molar-refractivity contribution in [3.63, 3.8) is 0 Å². The molecule has 3 nitrogen and oxygen atoms in total. The molecule has 0 spiro atoms. The van der Waals surface area contributed by atoms with Crippen LogP contribution in [0.3, 0.4) is 0 Å². The normalized spacial score (nSPS) is 13.9. The average Bonchev–Trinajstić information content (AvgIpc) is 2.39. The number of nitrogens with two attached hydrogens (primary N) is 1. The topological polar surface area (TPSA) is 48.1 Å². The van der Waals surface area contributed by atoms with Crippen molar-refractivity contribution in [1.82, 2.24) is 4.98 Å². The Morgan fingerprint density at radius 2 is 1.95 bits per heavy atom. The van der Waals surface area contributed by atoms with E-state index in [0.717, 1.165) is 6.20 Å². The summed E-state index contributed by atoms with van der Waals surface area (Å²) < 4.78 is 32.0. The molecule has 100 valence electrons. The lowest BCUT2D eigenvalue weighted by Crippen LogP contribution is -2.36. The summed E-state index contributed by atoms with van der Waals surface area (Å²) in [5.74, 6) is -0.900. The fraction of sp³-hybridized carbons (Fsp3) is 0.214. The highest BCUT2D eigenvalue weighted by Gasteiger charge is 2.29. The van der Waals surface area contributed by atoms with Crippen molar-refractivity contribution in [1.29, 1.82) is 0 Å². The highest BCUT2D eigenvalue weighted by Crippen LogP contribution is 2.31. The third-order valence-electron chi connectivity index (χ3n) is 3.00. The highest BCUT2D eigenvalue weighted by atomic mass is 19.1. The predicted molar refractivity (Wildman–Crippen MR) is 67.8 cm³/mol. The molecule has 1 unspecified atom stereocenters. The Balaban J connectivity index is 2.53. The minimum Gasteiger partial charge on any atom is -0.494 e. The fourth-order valence-electron chi connectivity index (χ4n) is 1.89. The van der Waals surface area contributed by atoms with Gasteiger partial charge in [0.05, 0.1) is 24.5 Å². The van der Waals surface area contributed by atoms with Crippen molar-refractivity contribution in [3.05, 3.63) is 59.4 Å². The maximum atomic E-state index is 14.2. The van der Waals surface area contributed by atoms with Gasteiger partial charge in [-0.3, -0.25) is 4.98 Å². The molecule has 0 bridgehead atoms. The molecule has 2 aromatic rings. The van der Waals surface area contributed by atoms with Crippen LogP contribution in [0, 0.1) is 11.6 Å². The lowest BCUT2D eigenvalue weighted by atomic mass is 9.88. The van der Waals surface area contributed by atoms with E-state index in [2.05, 4.69) is 4.98 Å². The van der Waals surface area contributed by atoms with Gasteiger partial charge in [0, 0.05) is 5.56 Å². The lowest BCUT2D eigenvalue weighted by Gasteiger charge is -2.25. The number of hydrogen-bond donors (Lipinski definition) is 1. The van der Waals surface area contributed by atoms with Crippen LogP contribution in [0.2, 0.25) is 0 Å². The van der Waals surface area contributed by atoms with Crippen molar-refractivity contribution < 1.29 is 13.5 Å². The summed E-state index contributed by atoms with van der Waals surface area (Å²) in [6.07, 6.45) is 1.05. The second kappa shape index (κ2) is 4.93. The largest absolute Gasteiger partial charge is 0.494 e. The first-order valence-electron chi connectivity index (χ1n) is 5.70. The van der Waals surface area contributed by atoms with Crippen molar-refractivity contribution >= 4 is 0 Å². The maximum absolute atomic E-state index is 14.2. The fourth-order valence-corrected chi connectivity index (χ4v) is 1.89. The molecule has 19 heavy (non-hydrogen) atoms. The summed E-state index contributed by atoms with van der Waals surface area (Å²) in [6.45, 7) is 1.62. The van der Waals surface area contributed by atoms with E-state index in [-0.39, 0.29) is 11.3 Å². The molecule has 0 amide bonds. The van der Waals surface area contributed by atoms with Crippen molar-refractivity contribution in [2.75, 3.05) is 7.11 Å². The Morgan fingerprint density at radius 1 is 1.21 bits per heavy atom. The Bertz CT molecular complexity index is 582. The van der Waals surface area contributed by atoms with E-state index in [1.54, 1.807) is 19.1 Å². The second-order valence-corrected chi connectivity index (χ2v) is 4.39. The van der Waals surface area contributed by atoms with Crippen LogP contribution >= 0.6 is 0 Å². The molecular formula is C14H14F2N2O. The van der Waals surface area contributed by atoms with Crippen LogP contribution in [-0.4, -0.2) is 12.1 Å². The third kappa shape index (κ3) is 2.42. The zero-order chi connectivity index (χ0) is 14.0. The first-order valence-corrected chi connectivity index (χ1v) is 5.70. The molecule has 1 aromatic carbocycles. The molecule has 0 aliphatic rings. The third-order valence-corrected chi connectivity index (χ3v) is 3.00. The minimum atomic E-state index is -1.17. The number of aromatic nitrogens is 1. The van der Waals surface area contributed by atoms with Gasteiger partial charge in [-0.15, -0.1) is 0 Å². The molecule has 0 saturated heterocycles. The van der Waals surface area contributed by atoms with Gasteiger partial charge in [-0.2, -0.15) is 0 Å². The number of nitrogens with zero attached hydrogens (tertiary/aromatic N) is 1. The summed E-state index contributed by atoms with van der Waals surface area (Å²) in [6, 6.07) is 7.39. The predicted octanol–water partition coefficient (Wildman–Crippen LogP) is 2.59. The number of benzene rings is 1. The molecule has 0 aliphatic carbocycles. The van der Waals surface area contributed by atoms with Crippen molar-refractivity contribution in [3.8, 4) is 5.75 Å². The zero-order valence-electron chi connectivity index (χ0n) is 10.7. The highest BCUT2D eigenvalue weighted by molar-refractivity contribution is 5.40. The molecule has 2 rings (SSSR count). The molecule has 0 fully saturated rings. The maximum Gasteiger partial charge on any atom is 0.170 e. The minimum absolute atomic E-state index is 0.108. The SMILES string of the molecule is COc1cccc(C(C)(N)c2ccc(F)cn2)c1F. The van der Waals surface area contributed by atoms with Gasteiger partial charge < -0.3 is 10.5 Å². The van der Waals surface area contributed by atoms with Crippen LogP contribution < -0.4 is 10.5 Å². The molecule has 1 atom stereocenters. The van der Waals surface area contributed by atoms with Gasteiger partial charge in [0.1, 0.15) is 5.82 Å². The molecular weight excluding hydrogens is 250 g/mol. The first kappa shape index (κ1) is 13.4. The number of methoxy groups -OCH3 is 1. The van der Waals surface area contributed by atoms with E-state index in [9.17, 15) is 8.78 Å². The summed E-state index contributed by atoms with van der Waals surface area (Å²) in [5.41, 5.74) is 5.60. The van der Waals surface area contributed by atoms with E-state index >= 15 is 0 Å². The van der Waals surface area contributed by atoms with Crippen LogP contribution in [-0.2, 0) is 5.54 Å². The van der Waals surface area contributed by atoms with Crippen LogP contribution in [0.4, 0.5) is 8.78 Å².